The Morgan fingerprint density at radius 2 is 2.29 bits per heavy atom. The Kier molecular flexibility index (Phi) is 3.84. The van der Waals surface area contributed by atoms with Gasteiger partial charge in [-0.1, -0.05) is 6.92 Å². The zero-order valence-corrected chi connectivity index (χ0v) is 11.1. The number of carbonyl (C=O) groups is 1. The number of aliphatic hydroxyl groups is 1. The molecule has 1 aliphatic rings. The summed E-state index contributed by atoms with van der Waals surface area (Å²) in [5.74, 6) is 0.0861. The Morgan fingerprint density at radius 3 is 2.94 bits per heavy atom. The first-order valence-electron chi connectivity index (χ1n) is 6.15. The molecular formula is C13H19NO2S. The number of thiophene rings is 1. The molecule has 1 amide bonds. The smallest absolute Gasteiger partial charge is 0.261 e. The van der Waals surface area contributed by atoms with Gasteiger partial charge in [-0.25, -0.2) is 0 Å². The van der Waals surface area contributed by atoms with Crippen molar-refractivity contribution in [2.75, 3.05) is 6.61 Å². The predicted molar refractivity (Wildman–Crippen MR) is 69.5 cm³/mol. The maximum absolute atomic E-state index is 12.0. The van der Waals surface area contributed by atoms with Crippen LogP contribution in [-0.2, 0) is 12.8 Å². The van der Waals surface area contributed by atoms with E-state index in [-0.39, 0.29) is 24.5 Å². The van der Waals surface area contributed by atoms with Crippen molar-refractivity contribution in [3.8, 4) is 0 Å². The Bertz CT molecular complexity index is 392. The molecule has 0 saturated heterocycles. The summed E-state index contributed by atoms with van der Waals surface area (Å²) in [4.78, 5) is 14.2. The van der Waals surface area contributed by atoms with E-state index in [2.05, 4.69) is 5.32 Å². The monoisotopic (exact) mass is 253 g/mol. The van der Waals surface area contributed by atoms with Gasteiger partial charge in [0.15, 0.2) is 0 Å². The van der Waals surface area contributed by atoms with Crippen molar-refractivity contribution in [3.05, 3.63) is 21.4 Å². The molecule has 0 spiro atoms. The topological polar surface area (TPSA) is 49.3 Å². The van der Waals surface area contributed by atoms with E-state index in [9.17, 15) is 4.79 Å². The largest absolute Gasteiger partial charge is 0.396 e. The van der Waals surface area contributed by atoms with Crippen LogP contribution < -0.4 is 5.32 Å². The van der Waals surface area contributed by atoms with Gasteiger partial charge in [-0.05, 0) is 43.7 Å². The molecule has 2 rings (SSSR count). The second-order valence-electron chi connectivity index (χ2n) is 4.83. The zero-order chi connectivity index (χ0) is 12.4. The van der Waals surface area contributed by atoms with Crippen molar-refractivity contribution in [1.82, 2.24) is 5.32 Å². The summed E-state index contributed by atoms with van der Waals surface area (Å²) in [7, 11) is 0. The van der Waals surface area contributed by atoms with Crippen LogP contribution in [0.1, 0.15) is 40.4 Å². The lowest BCUT2D eigenvalue weighted by Gasteiger charge is -2.18. The average molecular weight is 253 g/mol. The minimum Gasteiger partial charge on any atom is -0.396 e. The van der Waals surface area contributed by atoms with Crippen molar-refractivity contribution in [2.45, 2.75) is 39.2 Å². The molecule has 2 atom stereocenters. The van der Waals surface area contributed by atoms with Crippen molar-refractivity contribution >= 4 is 17.2 Å². The number of aliphatic hydroxyl groups excluding tert-OH is 1. The molecular weight excluding hydrogens is 234 g/mol. The normalized spacial score (nSPS) is 17.6. The molecule has 17 heavy (non-hydrogen) atoms. The van der Waals surface area contributed by atoms with Gasteiger partial charge in [0.2, 0.25) is 0 Å². The number of hydrogen-bond donors (Lipinski definition) is 2. The molecule has 0 fully saturated rings. The van der Waals surface area contributed by atoms with Crippen molar-refractivity contribution in [1.29, 1.82) is 0 Å². The van der Waals surface area contributed by atoms with Crippen LogP contribution in [0.2, 0.25) is 0 Å². The first kappa shape index (κ1) is 12.6. The number of fused-ring (bicyclic) bond motifs is 1. The van der Waals surface area contributed by atoms with E-state index < -0.39 is 0 Å². The number of amides is 1. The third kappa shape index (κ3) is 2.69. The van der Waals surface area contributed by atoms with Crippen molar-refractivity contribution in [3.63, 3.8) is 0 Å². The molecule has 0 radical (unpaired) electrons. The molecule has 94 valence electrons. The number of carbonyl (C=O) groups excluding carboxylic acids is 1. The molecule has 1 aromatic heterocycles. The molecule has 1 heterocycles. The SMILES string of the molecule is CC(CO)C(C)NC(=O)c1cc2c(s1)CCC2. The van der Waals surface area contributed by atoms with E-state index in [4.69, 9.17) is 5.11 Å². The van der Waals surface area contributed by atoms with Crippen molar-refractivity contribution < 1.29 is 9.90 Å². The molecule has 0 aromatic carbocycles. The molecule has 2 N–H and O–H groups in total. The molecule has 1 aromatic rings. The fraction of sp³-hybridized carbons (Fsp3) is 0.615. The zero-order valence-electron chi connectivity index (χ0n) is 10.3. The highest BCUT2D eigenvalue weighted by atomic mass is 32.1. The van der Waals surface area contributed by atoms with Gasteiger partial charge in [-0.3, -0.25) is 4.79 Å². The summed E-state index contributed by atoms with van der Waals surface area (Å²) >= 11 is 1.62. The minimum absolute atomic E-state index is 0.00259. The van der Waals surface area contributed by atoms with E-state index in [0.29, 0.717) is 0 Å². The van der Waals surface area contributed by atoms with Gasteiger partial charge in [0.1, 0.15) is 0 Å². The maximum Gasteiger partial charge on any atom is 0.261 e. The second-order valence-corrected chi connectivity index (χ2v) is 5.97. The fourth-order valence-corrected chi connectivity index (χ4v) is 3.18. The molecule has 1 aliphatic carbocycles. The van der Waals surface area contributed by atoms with Gasteiger partial charge in [0, 0.05) is 17.5 Å². The highest BCUT2D eigenvalue weighted by Crippen LogP contribution is 2.30. The lowest BCUT2D eigenvalue weighted by atomic mass is 10.1. The van der Waals surface area contributed by atoms with Gasteiger partial charge < -0.3 is 10.4 Å². The van der Waals surface area contributed by atoms with Gasteiger partial charge in [-0.2, -0.15) is 0 Å². The van der Waals surface area contributed by atoms with Crippen LogP contribution in [0, 0.1) is 5.92 Å². The highest BCUT2D eigenvalue weighted by molar-refractivity contribution is 7.14. The Labute approximate surface area is 106 Å². The number of hydrogen-bond acceptors (Lipinski definition) is 3. The van der Waals surface area contributed by atoms with E-state index >= 15 is 0 Å². The Balaban J connectivity index is 2.00. The standard InChI is InChI=1S/C13H19NO2S/c1-8(7-15)9(2)14-13(16)12-6-10-4-3-5-11(10)17-12/h6,8-9,15H,3-5,7H2,1-2H3,(H,14,16). The first-order chi connectivity index (χ1) is 8.11. The van der Waals surface area contributed by atoms with Crippen LogP contribution in [0.3, 0.4) is 0 Å². The van der Waals surface area contributed by atoms with Gasteiger partial charge in [0.05, 0.1) is 4.88 Å². The van der Waals surface area contributed by atoms with Crippen LogP contribution in [0.15, 0.2) is 6.07 Å². The predicted octanol–water partition coefficient (Wildman–Crippen LogP) is 1.98. The highest BCUT2D eigenvalue weighted by Gasteiger charge is 2.20. The summed E-state index contributed by atoms with van der Waals surface area (Å²) in [6.45, 7) is 3.96. The second kappa shape index (κ2) is 5.19. The quantitative estimate of drug-likeness (QED) is 0.862. The summed E-state index contributed by atoms with van der Waals surface area (Å²) < 4.78 is 0. The molecule has 0 aliphatic heterocycles. The molecule has 0 saturated carbocycles. The Morgan fingerprint density at radius 1 is 1.53 bits per heavy atom. The third-order valence-electron chi connectivity index (χ3n) is 3.47. The Hall–Kier alpha value is -0.870. The van der Waals surface area contributed by atoms with E-state index in [1.54, 1.807) is 11.3 Å². The average Bonchev–Trinajstić information content (AvgIpc) is 2.87. The minimum atomic E-state index is -0.00259. The first-order valence-corrected chi connectivity index (χ1v) is 6.96. The number of aryl methyl sites for hydroxylation is 2. The van der Waals surface area contributed by atoms with E-state index in [0.717, 1.165) is 17.7 Å². The van der Waals surface area contributed by atoms with Gasteiger partial charge in [-0.15, -0.1) is 11.3 Å². The van der Waals surface area contributed by atoms with E-state index in [1.807, 2.05) is 19.9 Å². The number of nitrogens with one attached hydrogen (secondary N) is 1. The summed E-state index contributed by atoms with van der Waals surface area (Å²) in [6.07, 6.45) is 3.46. The van der Waals surface area contributed by atoms with Crippen molar-refractivity contribution in [2.24, 2.45) is 5.92 Å². The molecule has 4 heteroatoms. The van der Waals surface area contributed by atoms with Crippen LogP contribution >= 0.6 is 11.3 Å². The molecule has 3 nitrogen and oxygen atoms in total. The number of rotatable bonds is 4. The third-order valence-corrected chi connectivity index (χ3v) is 4.71. The van der Waals surface area contributed by atoms with Crippen LogP contribution in [0.5, 0.6) is 0 Å². The molecule has 2 unspecified atom stereocenters. The molecule has 0 bridgehead atoms. The summed E-state index contributed by atoms with van der Waals surface area (Å²) in [6, 6.07) is 2.03. The van der Waals surface area contributed by atoms with Crippen LogP contribution in [-0.4, -0.2) is 23.7 Å². The maximum atomic E-state index is 12.0. The summed E-state index contributed by atoms with van der Waals surface area (Å²) in [5, 5.41) is 12.0. The van der Waals surface area contributed by atoms with E-state index in [1.165, 1.54) is 16.9 Å². The van der Waals surface area contributed by atoms with Crippen LogP contribution in [0.25, 0.3) is 0 Å². The summed E-state index contributed by atoms with van der Waals surface area (Å²) in [5.41, 5.74) is 1.35. The van der Waals surface area contributed by atoms with Gasteiger partial charge in [0.25, 0.3) is 5.91 Å². The van der Waals surface area contributed by atoms with Crippen LogP contribution in [0.4, 0.5) is 0 Å². The fourth-order valence-electron chi connectivity index (χ4n) is 2.02. The van der Waals surface area contributed by atoms with Gasteiger partial charge >= 0.3 is 0 Å². The lowest BCUT2D eigenvalue weighted by Crippen LogP contribution is -2.38. The lowest BCUT2D eigenvalue weighted by molar-refractivity contribution is 0.0920.